The molecule has 0 unspecified atom stereocenters. The summed E-state index contributed by atoms with van der Waals surface area (Å²) < 4.78 is 0. The highest BCUT2D eigenvalue weighted by Crippen LogP contribution is 2.07. The summed E-state index contributed by atoms with van der Waals surface area (Å²) in [4.78, 5) is 19.6. The zero-order valence-electron chi connectivity index (χ0n) is 10.7. The van der Waals surface area contributed by atoms with Crippen LogP contribution in [0, 0.1) is 0 Å². The molecule has 0 atom stereocenters. The number of carboxylic acids is 1. The van der Waals surface area contributed by atoms with E-state index in [9.17, 15) is 4.79 Å². The average molecular weight is 249 g/mol. The second kappa shape index (κ2) is 5.93. The van der Waals surface area contributed by atoms with Crippen molar-refractivity contribution in [2.75, 3.05) is 33.2 Å². The van der Waals surface area contributed by atoms with Gasteiger partial charge in [-0.1, -0.05) is 0 Å². The summed E-state index contributed by atoms with van der Waals surface area (Å²) in [7, 11) is 2.14. The van der Waals surface area contributed by atoms with Crippen LogP contribution in [0.1, 0.15) is 22.5 Å². The van der Waals surface area contributed by atoms with Gasteiger partial charge >= 0.3 is 5.97 Å². The number of nitrogens with zero attached hydrogens (tertiary/aromatic N) is 3. The first kappa shape index (κ1) is 13.0. The smallest absolute Gasteiger partial charge is 0.337 e. The van der Waals surface area contributed by atoms with E-state index in [2.05, 4.69) is 21.8 Å². The molecule has 1 N–H and O–H groups in total. The highest BCUT2D eigenvalue weighted by Gasteiger charge is 2.13. The standard InChI is InChI=1S/C13H19N3O2/c1-15-5-2-6-16(8-7-15)10-12-4-3-11(9-14-12)13(17)18/h3-4,9H,2,5-8,10H2,1H3,(H,17,18). The largest absolute Gasteiger partial charge is 0.478 e. The van der Waals surface area contributed by atoms with Gasteiger partial charge in [0.2, 0.25) is 0 Å². The Kier molecular flexibility index (Phi) is 4.28. The van der Waals surface area contributed by atoms with Crippen molar-refractivity contribution >= 4 is 5.97 Å². The van der Waals surface area contributed by atoms with E-state index in [1.54, 1.807) is 12.1 Å². The minimum absolute atomic E-state index is 0.245. The van der Waals surface area contributed by atoms with E-state index >= 15 is 0 Å². The molecule has 0 saturated carbocycles. The first-order valence-corrected chi connectivity index (χ1v) is 6.24. The molecule has 1 fully saturated rings. The number of hydrogen-bond donors (Lipinski definition) is 1. The summed E-state index contributed by atoms with van der Waals surface area (Å²) in [6.45, 7) is 5.13. The first-order valence-electron chi connectivity index (χ1n) is 6.24. The van der Waals surface area contributed by atoms with Gasteiger partial charge in [-0.3, -0.25) is 9.88 Å². The fraction of sp³-hybridized carbons (Fsp3) is 0.538. The second-order valence-corrected chi connectivity index (χ2v) is 4.78. The van der Waals surface area contributed by atoms with Crippen molar-refractivity contribution in [3.63, 3.8) is 0 Å². The summed E-state index contributed by atoms with van der Waals surface area (Å²) in [5.41, 5.74) is 1.18. The van der Waals surface area contributed by atoms with Crippen LogP contribution in [-0.4, -0.2) is 59.1 Å². The molecule has 2 rings (SSSR count). The molecule has 2 heterocycles. The van der Waals surface area contributed by atoms with Crippen LogP contribution in [0.4, 0.5) is 0 Å². The van der Waals surface area contributed by atoms with Crippen LogP contribution in [0.2, 0.25) is 0 Å². The van der Waals surface area contributed by atoms with E-state index in [0.29, 0.717) is 0 Å². The molecule has 1 aliphatic heterocycles. The van der Waals surface area contributed by atoms with Gasteiger partial charge in [0, 0.05) is 25.8 Å². The molecule has 0 aromatic carbocycles. The van der Waals surface area contributed by atoms with Crippen LogP contribution in [-0.2, 0) is 6.54 Å². The Hall–Kier alpha value is -1.46. The lowest BCUT2D eigenvalue weighted by atomic mass is 10.2. The van der Waals surface area contributed by atoms with Crippen LogP contribution in [0.3, 0.4) is 0 Å². The molecule has 0 radical (unpaired) electrons. The fourth-order valence-corrected chi connectivity index (χ4v) is 2.13. The summed E-state index contributed by atoms with van der Waals surface area (Å²) in [5.74, 6) is -0.926. The van der Waals surface area contributed by atoms with E-state index in [0.717, 1.165) is 38.4 Å². The quantitative estimate of drug-likeness (QED) is 0.863. The number of carboxylic acid groups (broad SMARTS) is 1. The average Bonchev–Trinajstić information content (AvgIpc) is 2.55. The number of likely N-dealkylation sites (N-methyl/N-ethyl adjacent to an activating group) is 1. The molecule has 5 nitrogen and oxygen atoms in total. The Morgan fingerprint density at radius 3 is 2.83 bits per heavy atom. The molecule has 18 heavy (non-hydrogen) atoms. The molecule has 1 aromatic heterocycles. The Balaban J connectivity index is 1.94. The van der Waals surface area contributed by atoms with Crippen molar-refractivity contribution in [1.82, 2.24) is 14.8 Å². The monoisotopic (exact) mass is 249 g/mol. The van der Waals surface area contributed by atoms with Crippen molar-refractivity contribution in [3.05, 3.63) is 29.6 Å². The molecule has 0 spiro atoms. The van der Waals surface area contributed by atoms with E-state index in [4.69, 9.17) is 5.11 Å². The van der Waals surface area contributed by atoms with Crippen LogP contribution < -0.4 is 0 Å². The molecule has 5 heteroatoms. The van der Waals surface area contributed by atoms with Crippen LogP contribution >= 0.6 is 0 Å². The van der Waals surface area contributed by atoms with Crippen molar-refractivity contribution in [2.24, 2.45) is 0 Å². The third kappa shape index (κ3) is 3.51. The Labute approximate surface area is 107 Å². The number of aromatic nitrogens is 1. The minimum Gasteiger partial charge on any atom is -0.478 e. The third-order valence-electron chi connectivity index (χ3n) is 3.27. The van der Waals surface area contributed by atoms with Gasteiger partial charge in [-0.2, -0.15) is 0 Å². The number of hydrogen-bond acceptors (Lipinski definition) is 4. The van der Waals surface area contributed by atoms with Crippen LogP contribution in [0.25, 0.3) is 0 Å². The topological polar surface area (TPSA) is 56.7 Å². The van der Waals surface area contributed by atoms with Crippen molar-refractivity contribution in [2.45, 2.75) is 13.0 Å². The normalized spacial score (nSPS) is 18.5. The number of carbonyl (C=O) groups is 1. The minimum atomic E-state index is -0.926. The highest BCUT2D eigenvalue weighted by molar-refractivity contribution is 5.87. The van der Waals surface area contributed by atoms with E-state index in [1.165, 1.54) is 12.6 Å². The molecule has 0 bridgehead atoms. The maximum atomic E-state index is 10.7. The maximum absolute atomic E-state index is 10.7. The summed E-state index contributed by atoms with van der Waals surface area (Å²) in [5, 5.41) is 8.81. The lowest BCUT2D eigenvalue weighted by Crippen LogP contribution is -2.28. The molecule has 1 aromatic rings. The van der Waals surface area contributed by atoms with Gasteiger partial charge in [-0.15, -0.1) is 0 Å². The van der Waals surface area contributed by atoms with Gasteiger partial charge in [0.25, 0.3) is 0 Å². The van der Waals surface area contributed by atoms with Crippen molar-refractivity contribution in [1.29, 1.82) is 0 Å². The summed E-state index contributed by atoms with van der Waals surface area (Å²) >= 11 is 0. The molecular formula is C13H19N3O2. The molecule has 98 valence electrons. The molecular weight excluding hydrogens is 230 g/mol. The Morgan fingerprint density at radius 2 is 2.17 bits per heavy atom. The van der Waals surface area contributed by atoms with Gasteiger partial charge in [-0.25, -0.2) is 4.79 Å². The van der Waals surface area contributed by atoms with Gasteiger partial charge in [0.1, 0.15) is 0 Å². The first-order chi connectivity index (χ1) is 8.65. The zero-order chi connectivity index (χ0) is 13.0. The Morgan fingerprint density at radius 1 is 1.33 bits per heavy atom. The number of aromatic carboxylic acids is 1. The number of pyridine rings is 1. The van der Waals surface area contributed by atoms with E-state index in [1.807, 2.05) is 0 Å². The van der Waals surface area contributed by atoms with Gasteiger partial charge in [0.15, 0.2) is 0 Å². The summed E-state index contributed by atoms with van der Waals surface area (Å²) in [6, 6.07) is 3.42. The summed E-state index contributed by atoms with van der Waals surface area (Å²) in [6.07, 6.45) is 2.60. The van der Waals surface area contributed by atoms with Crippen molar-refractivity contribution < 1.29 is 9.90 Å². The van der Waals surface area contributed by atoms with E-state index < -0.39 is 5.97 Å². The Bertz CT molecular complexity index is 405. The highest BCUT2D eigenvalue weighted by atomic mass is 16.4. The van der Waals surface area contributed by atoms with Gasteiger partial charge in [0.05, 0.1) is 11.3 Å². The third-order valence-corrected chi connectivity index (χ3v) is 3.27. The fourth-order valence-electron chi connectivity index (χ4n) is 2.13. The van der Waals surface area contributed by atoms with Crippen LogP contribution in [0.15, 0.2) is 18.3 Å². The van der Waals surface area contributed by atoms with Crippen LogP contribution in [0.5, 0.6) is 0 Å². The predicted octanol–water partition coefficient (Wildman–Crippen LogP) is 0.917. The van der Waals surface area contributed by atoms with Gasteiger partial charge < -0.3 is 10.0 Å². The molecule has 0 aliphatic carbocycles. The zero-order valence-corrected chi connectivity index (χ0v) is 10.7. The second-order valence-electron chi connectivity index (χ2n) is 4.78. The lowest BCUT2D eigenvalue weighted by molar-refractivity contribution is 0.0696. The molecule has 0 amide bonds. The van der Waals surface area contributed by atoms with Crippen molar-refractivity contribution in [3.8, 4) is 0 Å². The number of rotatable bonds is 3. The lowest BCUT2D eigenvalue weighted by Gasteiger charge is -2.19. The maximum Gasteiger partial charge on any atom is 0.337 e. The van der Waals surface area contributed by atoms with E-state index in [-0.39, 0.29) is 5.56 Å². The predicted molar refractivity (Wildman–Crippen MR) is 68.6 cm³/mol. The molecule has 1 aliphatic rings. The SMILES string of the molecule is CN1CCCN(Cc2ccc(C(=O)O)cn2)CC1. The van der Waals surface area contributed by atoms with Gasteiger partial charge in [-0.05, 0) is 38.7 Å². The molecule has 1 saturated heterocycles.